The quantitative estimate of drug-likeness (QED) is 0.837. The Morgan fingerprint density at radius 1 is 1.04 bits per heavy atom. The number of hydrogen-bond acceptors (Lipinski definition) is 3. The number of benzene rings is 1. The minimum Gasteiger partial charge on any atom is -0.299 e. The highest BCUT2D eigenvalue weighted by molar-refractivity contribution is 6.22. The summed E-state index contributed by atoms with van der Waals surface area (Å²) in [7, 11) is 0. The lowest BCUT2D eigenvalue weighted by molar-refractivity contribution is -0.132. The molecule has 0 aromatic heterocycles. The van der Waals surface area contributed by atoms with Gasteiger partial charge in [-0.3, -0.25) is 14.4 Å². The summed E-state index contributed by atoms with van der Waals surface area (Å²) in [5.41, 5.74) is 2.05. The third-order valence-electron chi connectivity index (χ3n) is 6.38. The molecule has 0 spiro atoms. The Morgan fingerprint density at radius 3 is 2.42 bits per heavy atom. The van der Waals surface area contributed by atoms with Crippen molar-refractivity contribution in [1.29, 1.82) is 0 Å². The molecule has 3 rings (SSSR count). The van der Waals surface area contributed by atoms with Crippen LogP contribution in [-0.2, 0) is 11.2 Å². The number of aryl methyl sites for hydroxylation is 1. The number of allylic oxidation sites excluding steroid dienone is 2. The molecule has 2 aliphatic carbocycles. The van der Waals surface area contributed by atoms with Crippen LogP contribution in [0.4, 0.5) is 0 Å². The van der Waals surface area contributed by atoms with Crippen molar-refractivity contribution in [2.24, 2.45) is 17.3 Å². The van der Waals surface area contributed by atoms with Gasteiger partial charge < -0.3 is 0 Å². The smallest absolute Gasteiger partial charge is 0.186 e. The predicted octanol–water partition coefficient (Wildman–Crippen LogP) is 4.20. The van der Waals surface area contributed by atoms with Crippen LogP contribution in [0.25, 0.3) is 0 Å². The zero-order valence-electron chi connectivity index (χ0n) is 14.6. The van der Waals surface area contributed by atoms with Crippen LogP contribution in [0.3, 0.4) is 0 Å². The van der Waals surface area contributed by atoms with Crippen LogP contribution in [0.1, 0.15) is 66.3 Å². The van der Waals surface area contributed by atoms with Gasteiger partial charge in [-0.05, 0) is 54.4 Å². The number of Topliss-reactive ketones (excluding diaryl/α,β-unsaturated/α-hetero) is 1. The predicted molar refractivity (Wildman–Crippen MR) is 93.2 cm³/mol. The molecule has 0 heterocycles. The van der Waals surface area contributed by atoms with E-state index >= 15 is 0 Å². The molecule has 0 amide bonds. The molecule has 0 radical (unpaired) electrons. The fourth-order valence-corrected chi connectivity index (χ4v) is 4.07. The summed E-state index contributed by atoms with van der Waals surface area (Å²) >= 11 is 0. The maximum Gasteiger partial charge on any atom is 0.186 e. The van der Waals surface area contributed by atoms with Crippen LogP contribution in [0.5, 0.6) is 0 Å². The molecule has 0 aliphatic heterocycles. The zero-order valence-corrected chi connectivity index (χ0v) is 14.6. The molecule has 3 atom stereocenters. The minimum absolute atomic E-state index is 0.00896. The van der Waals surface area contributed by atoms with E-state index in [4.69, 9.17) is 0 Å². The molecule has 2 aliphatic rings. The van der Waals surface area contributed by atoms with Crippen LogP contribution in [0.2, 0.25) is 0 Å². The highest BCUT2D eigenvalue weighted by Gasteiger charge is 2.43. The Balaban J connectivity index is 1.80. The summed E-state index contributed by atoms with van der Waals surface area (Å²) in [6.07, 6.45) is 6.07. The van der Waals surface area contributed by atoms with Crippen molar-refractivity contribution < 1.29 is 14.4 Å². The van der Waals surface area contributed by atoms with Gasteiger partial charge in [-0.2, -0.15) is 0 Å². The van der Waals surface area contributed by atoms with Gasteiger partial charge in [0.1, 0.15) is 5.78 Å². The first kappa shape index (κ1) is 16.8. The summed E-state index contributed by atoms with van der Waals surface area (Å²) < 4.78 is 0. The van der Waals surface area contributed by atoms with Gasteiger partial charge >= 0.3 is 0 Å². The lowest BCUT2D eigenvalue weighted by Gasteiger charge is -2.44. The number of hydrogen-bond donors (Lipinski definition) is 0. The van der Waals surface area contributed by atoms with Crippen molar-refractivity contribution in [1.82, 2.24) is 0 Å². The van der Waals surface area contributed by atoms with E-state index in [1.807, 2.05) is 12.1 Å². The number of carbonyl (C=O) groups excluding carboxylic acids is 3. The van der Waals surface area contributed by atoms with E-state index in [0.717, 1.165) is 24.8 Å². The second-order valence-electron chi connectivity index (χ2n) is 7.58. The lowest BCUT2D eigenvalue weighted by atomic mass is 9.59. The van der Waals surface area contributed by atoms with Crippen molar-refractivity contribution >= 4 is 17.3 Å². The van der Waals surface area contributed by atoms with Gasteiger partial charge in [0.15, 0.2) is 11.6 Å². The van der Waals surface area contributed by atoms with Crippen LogP contribution in [-0.4, -0.2) is 17.3 Å². The first-order chi connectivity index (χ1) is 11.3. The van der Waals surface area contributed by atoms with Gasteiger partial charge in [0.2, 0.25) is 0 Å². The van der Waals surface area contributed by atoms with Crippen molar-refractivity contribution in [3.05, 3.63) is 47.0 Å². The monoisotopic (exact) mass is 324 g/mol. The van der Waals surface area contributed by atoms with E-state index in [1.165, 1.54) is 12.2 Å². The molecular formula is C21H24O3. The Hall–Kier alpha value is -2.03. The van der Waals surface area contributed by atoms with E-state index in [2.05, 4.69) is 20.8 Å². The molecule has 1 fully saturated rings. The van der Waals surface area contributed by atoms with Gasteiger partial charge in [-0.15, -0.1) is 0 Å². The molecule has 126 valence electrons. The lowest BCUT2D eigenvalue weighted by Crippen LogP contribution is -2.41. The normalized spacial score (nSPS) is 29.7. The van der Waals surface area contributed by atoms with Crippen LogP contribution in [0, 0.1) is 17.3 Å². The molecule has 0 saturated heterocycles. The molecule has 1 aromatic rings. The average Bonchev–Trinajstić information content (AvgIpc) is 2.58. The molecule has 1 saturated carbocycles. The summed E-state index contributed by atoms with van der Waals surface area (Å²) in [4.78, 5) is 36.0. The third kappa shape index (κ3) is 2.77. The van der Waals surface area contributed by atoms with Crippen molar-refractivity contribution in [3.63, 3.8) is 0 Å². The molecule has 3 nitrogen and oxygen atoms in total. The highest BCUT2D eigenvalue weighted by atomic mass is 16.1. The van der Waals surface area contributed by atoms with Gasteiger partial charge in [-0.1, -0.05) is 32.9 Å². The summed E-state index contributed by atoms with van der Waals surface area (Å²) in [6, 6.07) is 5.55. The van der Waals surface area contributed by atoms with E-state index in [0.29, 0.717) is 29.2 Å². The fourth-order valence-electron chi connectivity index (χ4n) is 4.07. The highest BCUT2D eigenvalue weighted by Crippen LogP contribution is 2.46. The molecule has 3 heteroatoms. The van der Waals surface area contributed by atoms with Crippen LogP contribution < -0.4 is 0 Å². The number of rotatable bonds is 3. The standard InChI is InChI=1S/C21H24O3/c1-13-4-7-18(22)14(2)21(13,3)11-10-15-5-6-16-17(12-15)20(24)9-8-19(16)23/h5-6,8-9,12-14H,4,7,10-11H2,1-3H3/t13-,14+,21+/m1/s1. The second-order valence-corrected chi connectivity index (χ2v) is 7.58. The van der Waals surface area contributed by atoms with Crippen molar-refractivity contribution in [2.75, 3.05) is 0 Å². The van der Waals surface area contributed by atoms with Crippen LogP contribution in [0.15, 0.2) is 30.4 Å². The number of carbonyl (C=O) groups is 3. The van der Waals surface area contributed by atoms with Crippen LogP contribution >= 0.6 is 0 Å². The molecule has 0 N–H and O–H groups in total. The Kier molecular flexibility index (Phi) is 4.29. The summed E-state index contributed by atoms with van der Waals surface area (Å²) in [5, 5.41) is 0. The Morgan fingerprint density at radius 2 is 1.71 bits per heavy atom. The van der Waals surface area contributed by atoms with Gasteiger partial charge in [0, 0.05) is 23.5 Å². The molecule has 24 heavy (non-hydrogen) atoms. The topological polar surface area (TPSA) is 51.2 Å². The van der Waals surface area contributed by atoms with E-state index in [1.54, 1.807) is 6.07 Å². The number of fused-ring (bicyclic) bond motifs is 1. The van der Waals surface area contributed by atoms with Crippen molar-refractivity contribution in [2.45, 2.75) is 46.5 Å². The first-order valence-corrected chi connectivity index (χ1v) is 8.75. The summed E-state index contributed by atoms with van der Waals surface area (Å²) in [6.45, 7) is 6.51. The summed E-state index contributed by atoms with van der Waals surface area (Å²) in [5.74, 6) is 0.737. The van der Waals surface area contributed by atoms with Gasteiger partial charge in [0.25, 0.3) is 0 Å². The second kappa shape index (κ2) is 6.12. The van der Waals surface area contributed by atoms with Gasteiger partial charge in [0.05, 0.1) is 0 Å². The first-order valence-electron chi connectivity index (χ1n) is 8.75. The molecular weight excluding hydrogens is 300 g/mol. The number of ketones is 3. The maximum absolute atomic E-state index is 12.1. The minimum atomic E-state index is -0.108. The largest absolute Gasteiger partial charge is 0.299 e. The molecule has 0 unspecified atom stereocenters. The molecule has 1 aromatic carbocycles. The SMILES string of the molecule is C[C@@H]1CCC(=O)[C@H](C)[C@@]1(C)CCc1ccc2c(c1)C(=O)C=CC2=O. The van der Waals surface area contributed by atoms with Crippen molar-refractivity contribution in [3.8, 4) is 0 Å². The van der Waals surface area contributed by atoms with E-state index < -0.39 is 0 Å². The van der Waals surface area contributed by atoms with E-state index in [9.17, 15) is 14.4 Å². The molecule has 0 bridgehead atoms. The fraction of sp³-hybridized carbons (Fsp3) is 0.476. The average molecular weight is 324 g/mol. The van der Waals surface area contributed by atoms with Gasteiger partial charge in [-0.25, -0.2) is 0 Å². The third-order valence-corrected chi connectivity index (χ3v) is 6.38. The Labute approximate surface area is 143 Å². The van der Waals surface area contributed by atoms with E-state index in [-0.39, 0.29) is 22.9 Å². The maximum atomic E-state index is 12.1. The zero-order chi connectivity index (χ0) is 17.5. The Bertz CT molecular complexity index is 743.